The van der Waals surface area contributed by atoms with E-state index in [1.807, 2.05) is 19.1 Å². The van der Waals surface area contributed by atoms with E-state index >= 15 is 0 Å². The molecule has 1 heterocycles. The first kappa shape index (κ1) is 21.7. The molecule has 0 saturated heterocycles. The Morgan fingerprint density at radius 2 is 1.76 bits per heavy atom. The zero-order chi connectivity index (χ0) is 23.2. The quantitative estimate of drug-likeness (QED) is 0.435. The van der Waals surface area contributed by atoms with Crippen LogP contribution in [0.15, 0.2) is 79.1 Å². The second-order valence-corrected chi connectivity index (χ2v) is 7.19. The second-order valence-electron chi connectivity index (χ2n) is 7.19. The van der Waals surface area contributed by atoms with Crippen LogP contribution in [-0.2, 0) is 9.53 Å². The highest BCUT2D eigenvalue weighted by molar-refractivity contribution is 5.99. The van der Waals surface area contributed by atoms with Gasteiger partial charge in [0.1, 0.15) is 12.1 Å². The average Bonchev–Trinajstić information content (AvgIpc) is 3.38. The first-order chi connectivity index (χ1) is 16.0. The molecule has 0 radical (unpaired) electrons. The third kappa shape index (κ3) is 5.04. The molecule has 1 amide bonds. The van der Waals surface area contributed by atoms with Crippen LogP contribution in [0.1, 0.15) is 27.6 Å². The van der Waals surface area contributed by atoms with Crippen molar-refractivity contribution in [3.05, 3.63) is 95.8 Å². The average molecular weight is 443 g/mol. The summed E-state index contributed by atoms with van der Waals surface area (Å²) in [7, 11) is 1.52. The topological polar surface area (TPSA) is 108 Å². The lowest BCUT2D eigenvalue weighted by molar-refractivity contribution is -0.125. The molecule has 0 aliphatic rings. The molecule has 166 valence electrons. The number of tetrazole rings is 1. The molecule has 9 heteroatoms. The molecule has 9 nitrogen and oxygen atoms in total. The minimum atomic E-state index is -1.16. The maximum Gasteiger partial charge on any atom is 0.339 e. The SMILES string of the molecule is COc1ccc(C)cc1NC(=O)[C@H](OC(=O)c1ccc(-n2cnnn2)cc1)c1ccccc1. The predicted molar refractivity (Wildman–Crippen MR) is 120 cm³/mol. The molecule has 0 spiro atoms. The lowest BCUT2D eigenvalue weighted by atomic mass is 10.1. The van der Waals surface area contributed by atoms with Crippen molar-refractivity contribution in [1.82, 2.24) is 20.2 Å². The van der Waals surface area contributed by atoms with Crippen LogP contribution in [0.4, 0.5) is 5.69 Å². The molecule has 0 saturated carbocycles. The molecule has 0 aliphatic heterocycles. The molecule has 0 unspecified atom stereocenters. The molecule has 0 bridgehead atoms. The standard InChI is InChI=1S/C24H21N5O4/c1-16-8-13-21(32-2)20(14-16)26-23(30)22(17-6-4-3-5-7-17)33-24(31)18-9-11-19(12-10-18)29-15-25-27-28-29/h3-15,22H,1-2H3,(H,26,30)/t22-/m1/s1. The zero-order valence-electron chi connectivity index (χ0n) is 18.0. The summed E-state index contributed by atoms with van der Waals surface area (Å²) < 4.78 is 12.5. The molecule has 4 rings (SSSR count). The van der Waals surface area contributed by atoms with Crippen LogP contribution >= 0.6 is 0 Å². The van der Waals surface area contributed by atoms with E-state index in [4.69, 9.17) is 9.47 Å². The van der Waals surface area contributed by atoms with Gasteiger partial charge in [0.15, 0.2) is 0 Å². The van der Waals surface area contributed by atoms with Crippen LogP contribution in [-0.4, -0.2) is 39.2 Å². The highest BCUT2D eigenvalue weighted by Gasteiger charge is 2.26. The number of benzene rings is 3. The van der Waals surface area contributed by atoms with Gasteiger partial charge in [-0.15, -0.1) is 5.10 Å². The summed E-state index contributed by atoms with van der Waals surface area (Å²) in [6.07, 6.45) is 0.283. The molecule has 3 aromatic carbocycles. The van der Waals surface area contributed by atoms with E-state index < -0.39 is 18.0 Å². The lowest BCUT2D eigenvalue weighted by Crippen LogP contribution is -2.26. The maximum absolute atomic E-state index is 13.2. The number of rotatable bonds is 7. The Morgan fingerprint density at radius 1 is 1.00 bits per heavy atom. The van der Waals surface area contributed by atoms with Crippen LogP contribution in [0.25, 0.3) is 5.69 Å². The summed E-state index contributed by atoms with van der Waals surface area (Å²) in [6, 6.07) is 20.8. The van der Waals surface area contributed by atoms with E-state index in [2.05, 4.69) is 20.8 Å². The molecule has 1 atom stereocenters. The highest BCUT2D eigenvalue weighted by atomic mass is 16.5. The van der Waals surface area contributed by atoms with Crippen molar-refractivity contribution in [2.24, 2.45) is 0 Å². The minimum Gasteiger partial charge on any atom is -0.495 e. The molecule has 0 fully saturated rings. The number of esters is 1. The number of hydrogen-bond donors (Lipinski definition) is 1. The van der Waals surface area contributed by atoms with E-state index in [0.717, 1.165) is 5.56 Å². The van der Waals surface area contributed by atoms with Crippen molar-refractivity contribution in [2.75, 3.05) is 12.4 Å². The van der Waals surface area contributed by atoms with E-state index in [0.29, 0.717) is 22.7 Å². The third-order valence-electron chi connectivity index (χ3n) is 4.89. The first-order valence-electron chi connectivity index (χ1n) is 10.1. The van der Waals surface area contributed by atoms with Crippen molar-refractivity contribution < 1.29 is 19.1 Å². The van der Waals surface area contributed by atoms with Gasteiger partial charge in [0.2, 0.25) is 6.10 Å². The van der Waals surface area contributed by atoms with Gasteiger partial charge < -0.3 is 14.8 Å². The largest absolute Gasteiger partial charge is 0.495 e. The van der Waals surface area contributed by atoms with Gasteiger partial charge in [-0.05, 0) is 59.3 Å². The van der Waals surface area contributed by atoms with Crippen LogP contribution in [0.3, 0.4) is 0 Å². The van der Waals surface area contributed by atoms with Crippen LogP contribution in [0.5, 0.6) is 5.75 Å². The van der Waals surface area contributed by atoms with Crippen LogP contribution in [0, 0.1) is 6.92 Å². The number of aromatic nitrogens is 4. The summed E-state index contributed by atoms with van der Waals surface area (Å²) in [5.74, 6) is -0.632. The second kappa shape index (κ2) is 9.73. The number of nitrogens with zero attached hydrogens (tertiary/aromatic N) is 4. The molecule has 33 heavy (non-hydrogen) atoms. The Balaban J connectivity index is 1.57. The molecule has 4 aromatic rings. The number of ether oxygens (including phenoxy) is 2. The van der Waals surface area contributed by atoms with Gasteiger partial charge in [0.05, 0.1) is 24.0 Å². The molecule has 0 aliphatic carbocycles. The molecular formula is C24H21N5O4. The van der Waals surface area contributed by atoms with E-state index in [1.165, 1.54) is 18.1 Å². The van der Waals surface area contributed by atoms with Crippen molar-refractivity contribution in [3.8, 4) is 11.4 Å². The van der Waals surface area contributed by atoms with Crippen molar-refractivity contribution in [3.63, 3.8) is 0 Å². The maximum atomic E-state index is 13.2. The Morgan fingerprint density at radius 3 is 2.42 bits per heavy atom. The molecule has 1 aromatic heterocycles. The summed E-state index contributed by atoms with van der Waals surface area (Å²) in [5, 5.41) is 13.8. The Hall–Kier alpha value is -4.53. The number of methoxy groups -OCH3 is 1. The normalized spacial score (nSPS) is 11.5. The zero-order valence-corrected chi connectivity index (χ0v) is 18.0. The van der Waals surface area contributed by atoms with Gasteiger partial charge >= 0.3 is 5.97 Å². The summed E-state index contributed by atoms with van der Waals surface area (Å²) in [4.78, 5) is 26.1. The summed E-state index contributed by atoms with van der Waals surface area (Å²) >= 11 is 0. The Labute approximate surface area is 190 Å². The predicted octanol–water partition coefficient (Wildman–Crippen LogP) is 3.52. The highest BCUT2D eigenvalue weighted by Crippen LogP contribution is 2.28. The first-order valence-corrected chi connectivity index (χ1v) is 10.1. The minimum absolute atomic E-state index is 0.286. The van der Waals surface area contributed by atoms with Gasteiger partial charge in [0.25, 0.3) is 5.91 Å². The number of amides is 1. The number of aryl methyl sites for hydroxylation is 1. The van der Waals surface area contributed by atoms with Gasteiger partial charge in [0, 0.05) is 5.56 Å². The van der Waals surface area contributed by atoms with Crippen LogP contribution < -0.4 is 10.1 Å². The number of hydrogen-bond acceptors (Lipinski definition) is 7. The number of nitrogens with one attached hydrogen (secondary N) is 1. The number of carbonyl (C=O) groups excluding carboxylic acids is 2. The van der Waals surface area contributed by atoms with Gasteiger partial charge in [-0.3, -0.25) is 4.79 Å². The molecular weight excluding hydrogens is 422 g/mol. The number of anilines is 1. The Kier molecular flexibility index (Phi) is 6.40. The summed E-state index contributed by atoms with van der Waals surface area (Å²) in [5.41, 5.74) is 2.95. The fourth-order valence-electron chi connectivity index (χ4n) is 3.22. The van der Waals surface area contributed by atoms with E-state index in [1.54, 1.807) is 60.7 Å². The van der Waals surface area contributed by atoms with Gasteiger partial charge in [-0.25, -0.2) is 9.48 Å². The van der Waals surface area contributed by atoms with Gasteiger partial charge in [-0.2, -0.15) is 0 Å². The monoisotopic (exact) mass is 443 g/mol. The number of carbonyl (C=O) groups is 2. The fraction of sp³-hybridized carbons (Fsp3) is 0.125. The third-order valence-corrected chi connectivity index (χ3v) is 4.89. The lowest BCUT2D eigenvalue weighted by Gasteiger charge is -2.19. The van der Waals surface area contributed by atoms with Crippen LogP contribution in [0.2, 0.25) is 0 Å². The van der Waals surface area contributed by atoms with Gasteiger partial charge in [-0.1, -0.05) is 36.4 Å². The fourth-order valence-corrected chi connectivity index (χ4v) is 3.22. The van der Waals surface area contributed by atoms with Crippen molar-refractivity contribution >= 4 is 17.6 Å². The van der Waals surface area contributed by atoms with E-state index in [9.17, 15) is 9.59 Å². The van der Waals surface area contributed by atoms with Crippen molar-refractivity contribution in [2.45, 2.75) is 13.0 Å². The van der Waals surface area contributed by atoms with Crippen molar-refractivity contribution in [1.29, 1.82) is 0 Å². The molecule has 1 N–H and O–H groups in total. The Bertz CT molecular complexity index is 1240. The van der Waals surface area contributed by atoms with E-state index in [-0.39, 0.29) is 5.56 Å². The summed E-state index contributed by atoms with van der Waals surface area (Å²) in [6.45, 7) is 1.91. The smallest absolute Gasteiger partial charge is 0.339 e.